The molecule has 4 heteroatoms. The Hall–Kier alpha value is -3.14. The molecule has 24 heavy (non-hydrogen) atoms. The molecule has 0 N–H and O–H groups in total. The number of rotatable bonds is 2. The summed E-state index contributed by atoms with van der Waals surface area (Å²) in [5, 5.41) is 2.35. The molecule has 4 rings (SSSR count). The first-order valence-electron chi connectivity index (χ1n) is 7.63. The molecule has 118 valence electrons. The number of aryl methyl sites for hydroxylation is 1. The number of ether oxygens (including phenoxy) is 1. The lowest BCUT2D eigenvalue weighted by atomic mass is 10.0. The molecule has 2 heterocycles. The van der Waals surface area contributed by atoms with Crippen molar-refractivity contribution in [3.05, 3.63) is 70.7 Å². The molecule has 2 aromatic carbocycles. The summed E-state index contributed by atoms with van der Waals surface area (Å²) in [5.41, 5.74) is 2.54. The van der Waals surface area contributed by atoms with Crippen LogP contribution in [-0.4, -0.2) is 12.1 Å². The Kier molecular flexibility index (Phi) is 3.31. The average molecular weight is 317 g/mol. The highest BCUT2D eigenvalue weighted by atomic mass is 16.5. The number of benzene rings is 2. The van der Waals surface area contributed by atoms with Crippen LogP contribution in [0.4, 0.5) is 0 Å². The first kappa shape index (κ1) is 14.5. The zero-order valence-corrected chi connectivity index (χ0v) is 13.4. The van der Waals surface area contributed by atoms with E-state index in [1.54, 1.807) is 19.4 Å². The van der Waals surface area contributed by atoms with Gasteiger partial charge in [-0.15, -0.1) is 0 Å². The van der Waals surface area contributed by atoms with Crippen LogP contribution in [0.5, 0.6) is 5.75 Å². The maximum Gasteiger partial charge on any atom is 0.202 e. The van der Waals surface area contributed by atoms with Gasteiger partial charge < -0.3 is 9.15 Å². The maximum absolute atomic E-state index is 13.1. The number of hydrogen-bond acceptors (Lipinski definition) is 4. The van der Waals surface area contributed by atoms with Crippen LogP contribution in [0.2, 0.25) is 0 Å². The van der Waals surface area contributed by atoms with Gasteiger partial charge in [-0.3, -0.25) is 9.78 Å². The molecule has 0 radical (unpaired) electrons. The van der Waals surface area contributed by atoms with Crippen molar-refractivity contribution in [2.75, 3.05) is 7.11 Å². The highest BCUT2D eigenvalue weighted by Gasteiger charge is 2.14. The van der Waals surface area contributed by atoms with E-state index in [1.165, 1.54) is 6.26 Å². The molecule has 0 fully saturated rings. The highest BCUT2D eigenvalue weighted by molar-refractivity contribution is 6.07. The van der Waals surface area contributed by atoms with Crippen LogP contribution < -0.4 is 10.2 Å². The summed E-state index contributed by atoms with van der Waals surface area (Å²) >= 11 is 0. The first-order valence-corrected chi connectivity index (χ1v) is 7.63. The van der Waals surface area contributed by atoms with Gasteiger partial charge in [0.1, 0.15) is 17.6 Å². The van der Waals surface area contributed by atoms with Crippen LogP contribution >= 0.6 is 0 Å². The van der Waals surface area contributed by atoms with Crippen LogP contribution in [0, 0.1) is 6.92 Å². The number of fused-ring (bicyclic) bond motifs is 3. The van der Waals surface area contributed by atoms with Crippen molar-refractivity contribution in [1.82, 2.24) is 4.98 Å². The lowest BCUT2D eigenvalue weighted by Gasteiger charge is -2.09. The van der Waals surface area contributed by atoms with E-state index in [9.17, 15) is 4.79 Å². The fourth-order valence-electron chi connectivity index (χ4n) is 3.01. The van der Waals surface area contributed by atoms with E-state index in [2.05, 4.69) is 4.98 Å². The summed E-state index contributed by atoms with van der Waals surface area (Å²) in [7, 11) is 1.63. The standard InChI is InChI=1S/C20H15NO3/c1-12-9-13-6-7-17-19(14(13)10-18(12)23-2)20(22)15(11-24-17)16-5-3-4-8-21-16/h3-11H,1-2H3. The smallest absolute Gasteiger partial charge is 0.202 e. The molecule has 0 aliphatic rings. The van der Waals surface area contributed by atoms with Gasteiger partial charge in [0.05, 0.1) is 23.8 Å². The second-order valence-corrected chi connectivity index (χ2v) is 5.68. The Bertz CT molecular complexity index is 1110. The maximum atomic E-state index is 13.1. The summed E-state index contributed by atoms with van der Waals surface area (Å²) in [6.45, 7) is 1.98. The Morgan fingerprint density at radius 3 is 2.75 bits per heavy atom. The fourth-order valence-corrected chi connectivity index (χ4v) is 3.01. The zero-order valence-electron chi connectivity index (χ0n) is 13.4. The number of pyridine rings is 1. The van der Waals surface area contributed by atoms with E-state index in [0.717, 1.165) is 22.1 Å². The van der Waals surface area contributed by atoms with Gasteiger partial charge in [-0.05, 0) is 48.2 Å². The molecule has 0 atom stereocenters. The van der Waals surface area contributed by atoms with Gasteiger partial charge in [-0.1, -0.05) is 12.1 Å². The van der Waals surface area contributed by atoms with Gasteiger partial charge in [0.25, 0.3) is 0 Å². The van der Waals surface area contributed by atoms with Crippen LogP contribution in [-0.2, 0) is 0 Å². The molecule has 0 unspecified atom stereocenters. The summed E-state index contributed by atoms with van der Waals surface area (Å²) in [6, 6.07) is 13.2. The normalized spacial score (nSPS) is 11.1. The fraction of sp³-hybridized carbons (Fsp3) is 0.100. The van der Waals surface area contributed by atoms with Crippen LogP contribution in [0.15, 0.2) is 64.1 Å². The number of methoxy groups -OCH3 is 1. The minimum atomic E-state index is -0.0912. The van der Waals surface area contributed by atoms with Crippen LogP contribution in [0.1, 0.15) is 5.56 Å². The van der Waals surface area contributed by atoms with Crippen LogP contribution in [0.3, 0.4) is 0 Å². The minimum Gasteiger partial charge on any atom is -0.496 e. The summed E-state index contributed by atoms with van der Waals surface area (Å²) < 4.78 is 11.1. The number of nitrogens with zero attached hydrogens (tertiary/aromatic N) is 1. The molecule has 0 saturated heterocycles. The van der Waals surface area contributed by atoms with E-state index in [1.807, 2.05) is 43.3 Å². The van der Waals surface area contributed by atoms with E-state index >= 15 is 0 Å². The second-order valence-electron chi connectivity index (χ2n) is 5.68. The minimum absolute atomic E-state index is 0.0912. The van der Waals surface area contributed by atoms with E-state index in [4.69, 9.17) is 9.15 Å². The van der Waals surface area contributed by atoms with Crippen molar-refractivity contribution in [3.63, 3.8) is 0 Å². The zero-order chi connectivity index (χ0) is 16.7. The summed E-state index contributed by atoms with van der Waals surface area (Å²) in [4.78, 5) is 17.3. The van der Waals surface area contributed by atoms with E-state index in [0.29, 0.717) is 22.2 Å². The molecular weight excluding hydrogens is 302 g/mol. The topological polar surface area (TPSA) is 52.3 Å². The van der Waals surface area contributed by atoms with Gasteiger partial charge in [-0.25, -0.2) is 0 Å². The molecule has 4 nitrogen and oxygen atoms in total. The third-order valence-corrected chi connectivity index (χ3v) is 4.21. The second kappa shape index (κ2) is 5.49. The Balaban J connectivity index is 2.13. The molecule has 0 aliphatic heterocycles. The highest BCUT2D eigenvalue weighted by Crippen LogP contribution is 2.30. The lowest BCUT2D eigenvalue weighted by molar-refractivity contribution is 0.412. The molecule has 0 amide bonds. The van der Waals surface area contributed by atoms with Gasteiger partial charge in [0.2, 0.25) is 5.43 Å². The van der Waals surface area contributed by atoms with Crippen molar-refractivity contribution < 1.29 is 9.15 Å². The molecule has 2 aromatic heterocycles. The van der Waals surface area contributed by atoms with Gasteiger partial charge >= 0.3 is 0 Å². The summed E-state index contributed by atoms with van der Waals surface area (Å²) in [6.07, 6.45) is 3.14. The molecule has 4 aromatic rings. The van der Waals surface area contributed by atoms with Crippen LogP contribution in [0.25, 0.3) is 33.0 Å². The quantitative estimate of drug-likeness (QED) is 0.517. The van der Waals surface area contributed by atoms with Crippen molar-refractivity contribution >= 4 is 21.7 Å². The Morgan fingerprint density at radius 2 is 2.00 bits per heavy atom. The first-order chi connectivity index (χ1) is 11.7. The third-order valence-electron chi connectivity index (χ3n) is 4.21. The van der Waals surface area contributed by atoms with Gasteiger partial charge in [0.15, 0.2) is 0 Å². The van der Waals surface area contributed by atoms with E-state index < -0.39 is 0 Å². The Labute approximate surface area is 138 Å². The lowest BCUT2D eigenvalue weighted by Crippen LogP contribution is -2.06. The number of aromatic nitrogens is 1. The van der Waals surface area contributed by atoms with E-state index in [-0.39, 0.29) is 5.43 Å². The molecule has 0 saturated carbocycles. The third kappa shape index (κ3) is 2.15. The average Bonchev–Trinajstić information content (AvgIpc) is 2.62. The van der Waals surface area contributed by atoms with Crippen molar-refractivity contribution in [1.29, 1.82) is 0 Å². The molecule has 0 bridgehead atoms. The Morgan fingerprint density at radius 1 is 1.12 bits per heavy atom. The SMILES string of the molecule is COc1cc2c(ccc3occ(-c4ccccn4)c(=O)c32)cc1C. The van der Waals surface area contributed by atoms with Gasteiger partial charge in [-0.2, -0.15) is 0 Å². The van der Waals surface area contributed by atoms with Crippen molar-refractivity contribution in [2.45, 2.75) is 6.92 Å². The number of hydrogen-bond donors (Lipinski definition) is 0. The largest absolute Gasteiger partial charge is 0.496 e. The van der Waals surface area contributed by atoms with Gasteiger partial charge in [0, 0.05) is 11.6 Å². The predicted octanol–water partition coefficient (Wildman–Crippen LogP) is 4.33. The van der Waals surface area contributed by atoms with Crippen molar-refractivity contribution in [2.24, 2.45) is 0 Å². The molecule has 0 aliphatic carbocycles. The monoisotopic (exact) mass is 317 g/mol. The molecular formula is C20H15NO3. The molecule has 0 spiro atoms. The predicted molar refractivity (Wildman–Crippen MR) is 94.5 cm³/mol. The van der Waals surface area contributed by atoms with Crippen molar-refractivity contribution in [3.8, 4) is 17.0 Å². The summed E-state index contributed by atoms with van der Waals surface area (Å²) in [5.74, 6) is 0.748.